The highest BCUT2D eigenvalue weighted by atomic mass is 16.6. The molecule has 7 atom stereocenters. The summed E-state index contributed by atoms with van der Waals surface area (Å²) < 4.78 is 23.0. The van der Waals surface area contributed by atoms with Crippen LogP contribution in [-0.2, 0) is 33.3 Å². The van der Waals surface area contributed by atoms with Gasteiger partial charge in [-0.1, -0.05) is 47.6 Å². The fourth-order valence-corrected chi connectivity index (χ4v) is 4.22. The quantitative estimate of drug-likeness (QED) is 0.187. The van der Waals surface area contributed by atoms with Crippen molar-refractivity contribution in [2.24, 2.45) is 17.8 Å². The van der Waals surface area contributed by atoms with Gasteiger partial charge in [0.05, 0.1) is 12.2 Å². The normalized spacial score (nSPS) is 17.6. The number of esters is 2. The van der Waals surface area contributed by atoms with Gasteiger partial charge in [-0.25, -0.2) is 0 Å². The van der Waals surface area contributed by atoms with Crippen molar-refractivity contribution < 1.29 is 33.3 Å². The van der Waals surface area contributed by atoms with Crippen LogP contribution in [0, 0.1) is 17.8 Å². The molecule has 8 heteroatoms. The molecule has 0 radical (unpaired) electrons. The summed E-state index contributed by atoms with van der Waals surface area (Å²) >= 11 is 0. The Morgan fingerprint density at radius 2 is 1.49 bits per heavy atom. The number of hydrogen-bond acceptors (Lipinski definition) is 7. The Morgan fingerprint density at radius 1 is 0.886 bits per heavy atom. The molecule has 0 aromatic heterocycles. The first-order valence-electron chi connectivity index (χ1n) is 12.9. The summed E-state index contributed by atoms with van der Waals surface area (Å²) in [6.07, 6.45) is 7.02. The van der Waals surface area contributed by atoms with Gasteiger partial charge >= 0.3 is 11.9 Å². The number of ether oxygens (including phenoxy) is 4. The fraction of sp³-hybridized carbons (Fsp3) is 0.815. The molecule has 0 rings (SSSR count). The van der Waals surface area contributed by atoms with Crippen molar-refractivity contribution in [2.75, 3.05) is 21.3 Å². The molecule has 0 aromatic carbocycles. The van der Waals surface area contributed by atoms with Gasteiger partial charge in [-0.15, -0.1) is 0 Å². The van der Waals surface area contributed by atoms with Crippen molar-refractivity contribution in [3.05, 3.63) is 12.3 Å². The second-order valence-electron chi connectivity index (χ2n) is 9.35. The molecule has 0 aliphatic heterocycles. The van der Waals surface area contributed by atoms with Crippen LogP contribution in [0.3, 0.4) is 0 Å². The van der Waals surface area contributed by atoms with Crippen LogP contribution in [-0.4, -0.2) is 68.9 Å². The van der Waals surface area contributed by atoms with E-state index in [2.05, 4.69) is 6.92 Å². The highest BCUT2D eigenvalue weighted by Gasteiger charge is 2.32. The van der Waals surface area contributed by atoms with E-state index in [1.807, 2.05) is 26.8 Å². The van der Waals surface area contributed by atoms with Crippen LogP contribution in [0.5, 0.6) is 0 Å². The summed E-state index contributed by atoms with van der Waals surface area (Å²) in [5.74, 6) is -0.340. The van der Waals surface area contributed by atoms with Gasteiger partial charge < -0.3 is 23.8 Å². The molecule has 35 heavy (non-hydrogen) atoms. The van der Waals surface area contributed by atoms with Crippen LogP contribution >= 0.6 is 0 Å². The van der Waals surface area contributed by atoms with Crippen LogP contribution < -0.4 is 0 Å². The number of amides is 1. The van der Waals surface area contributed by atoms with Crippen molar-refractivity contribution in [1.82, 2.24) is 4.90 Å². The topological polar surface area (TPSA) is 91.4 Å². The zero-order valence-electron chi connectivity index (χ0n) is 23.3. The molecule has 0 aromatic rings. The number of rotatable bonds is 19. The monoisotopic (exact) mass is 499 g/mol. The molecule has 0 spiro atoms. The molecule has 204 valence electrons. The van der Waals surface area contributed by atoms with Gasteiger partial charge in [0, 0.05) is 58.6 Å². The van der Waals surface area contributed by atoms with Gasteiger partial charge in [-0.05, 0) is 25.2 Å². The molecule has 0 saturated carbocycles. The smallest absolute Gasteiger partial charge is 0.305 e. The summed E-state index contributed by atoms with van der Waals surface area (Å²) in [4.78, 5) is 36.3. The van der Waals surface area contributed by atoms with Crippen molar-refractivity contribution >= 4 is 18.3 Å². The average Bonchev–Trinajstić information content (AvgIpc) is 2.86. The lowest BCUT2D eigenvalue weighted by molar-refractivity contribution is -0.155. The standard InChI is InChI=1S/C27H49NO7/c1-10-22(34-25(30)11-2)17-24(32-8)19(4)13-14-23(35-26(31)12-3)21(6)27(33-9)20(5)15-16-28(7)18-29/h15-16,18-24,27H,10-14,17H2,1-9H3/b16-15+/t19-,20+,21-,22+,23-,24-,27+/m0/s1. The SMILES string of the molecule is CCC(=O)O[C@H](CC)C[C@H](OC)[C@@H](C)CC[C@H](OC(=O)CC)[C@H](C)[C@H](OC)[C@H](C)/C=C/N(C)C=O. The minimum atomic E-state index is -0.327. The van der Waals surface area contributed by atoms with Crippen LogP contribution in [0.4, 0.5) is 0 Å². The Bertz CT molecular complexity index is 639. The van der Waals surface area contributed by atoms with E-state index in [1.165, 1.54) is 4.90 Å². The van der Waals surface area contributed by atoms with Crippen LogP contribution in [0.15, 0.2) is 12.3 Å². The molecule has 0 unspecified atom stereocenters. The zero-order chi connectivity index (χ0) is 27.0. The lowest BCUT2D eigenvalue weighted by Crippen LogP contribution is -2.38. The summed E-state index contributed by atoms with van der Waals surface area (Å²) in [6, 6.07) is 0. The Hall–Kier alpha value is -1.93. The Morgan fingerprint density at radius 3 is 1.97 bits per heavy atom. The van der Waals surface area contributed by atoms with Crippen molar-refractivity contribution in [1.29, 1.82) is 0 Å². The predicted molar refractivity (Wildman–Crippen MR) is 137 cm³/mol. The highest BCUT2D eigenvalue weighted by Crippen LogP contribution is 2.29. The van der Waals surface area contributed by atoms with Crippen molar-refractivity contribution in [3.8, 4) is 0 Å². The van der Waals surface area contributed by atoms with Gasteiger partial charge in [0.25, 0.3) is 0 Å². The van der Waals surface area contributed by atoms with Crippen LogP contribution in [0.2, 0.25) is 0 Å². The summed E-state index contributed by atoms with van der Waals surface area (Å²) in [5.41, 5.74) is 0. The molecule has 0 aliphatic carbocycles. The van der Waals surface area contributed by atoms with Crippen LogP contribution in [0.25, 0.3) is 0 Å². The average molecular weight is 500 g/mol. The van der Waals surface area contributed by atoms with Gasteiger partial charge in [-0.3, -0.25) is 14.4 Å². The highest BCUT2D eigenvalue weighted by molar-refractivity contribution is 5.69. The summed E-state index contributed by atoms with van der Waals surface area (Å²) in [7, 11) is 5.00. The number of carbonyl (C=O) groups is 3. The van der Waals surface area contributed by atoms with E-state index in [4.69, 9.17) is 18.9 Å². The molecular weight excluding hydrogens is 450 g/mol. The molecule has 0 bridgehead atoms. The maximum absolute atomic E-state index is 12.2. The molecule has 0 aliphatic rings. The number of carbonyl (C=O) groups excluding carboxylic acids is 3. The van der Waals surface area contributed by atoms with E-state index in [-0.39, 0.29) is 54.1 Å². The molecule has 8 nitrogen and oxygen atoms in total. The van der Waals surface area contributed by atoms with Gasteiger partial charge in [-0.2, -0.15) is 0 Å². The summed E-state index contributed by atoms with van der Waals surface area (Å²) in [5, 5.41) is 0. The van der Waals surface area contributed by atoms with Crippen molar-refractivity contribution in [3.63, 3.8) is 0 Å². The zero-order valence-corrected chi connectivity index (χ0v) is 23.3. The van der Waals surface area contributed by atoms with E-state index < -0.39 is 0 Å². The first-order chi connectivity index (χ1) is 16.6. The van der Waals surface area contributed by atoms with Gasteiger partial charge in [0.2, 0.25) is 6.41 Å². The van der Waals surface area contributed by atoms with E-state index >= 15 is 0 Å². The lowest BCUT2D eigenvalue weighted by atomic mass is 9.84. The second kappa shape index (κ2) is 18.4. The van der Waals surface area contributed by atoms with E-state index in [0.29, 0.717) is 25.7 Å². The Labute approximate surface area is 212 Å². The van der Waals surface area contributed by atoms with Gasteiger partial charge in [0.15, 0.2) is 0 Å². The second-order valence-corrected chi connectivity index (χ2v) is 9.35. The first kappa shape index (κ1) is 33.1. The van der Waals surface area contributed by atoms with Crippen LogP contribution in [0.1, 0.15) is 80.1 Å². The third-order valence-corrected chi connectivity index (χ3v) is 6.64. The molecule has 0 fully saturated rings. The Balaban J connectivity index is 5.39. The first-order valence-corrected chi connectivity index (χ1v) is 12.9. The van der Waals surface area contributed by atoms with Gasteiger partial charge in [0.1, 0.15) is 12.2 Å². The van der Waals surface area contributed by atoms with E-state index in [0.717, 1.165) is 19.3 Å². The third-order valence-electron chi connectivity index (χ3n) is 6.64. The largest absolute Gasteiger partial charge is 0.462 e. The lowest BCUT2D eigenvalue weighted by Gasteiger charge is -2.34. The number of hydrogen-bond donors (Lipinski definition) is 0. The molecule has 0 N–H and O–H groups in total. The molecular formula is C27H49NO7. The van der Waals surface area contributed by atoms with E-state index in [9.17, 15) is 14.4 Å². The fourth-order valence-electron chi connectivity index (χ4n) is 4.22. The molecule has 0 saturated heterocycles. The van der Waals surface area contributed by atoms with Crippen molar-refractivity contribution in [2.45, 2.75) is 104 Å². The summed E-state index contributed by atoms with van der Waals surface area (Å²) in [6.45, 7) is 11.7. The maximum atomic E-state index is 12.2. The minimum Gasteiger partial charge on any atom is -0.462 e. The molecule has 0 heterocycles. The maximum Gasteiger partial charge on any atom is 0.305 e. The predicted octanol–water partition coefficient (Wildman–Crippen LogP) is 4.75. The number of nitrogens with zero attached hydrogens (tertiary/aromatic N) is 1. The molecule has 1 amide bonds. The minimum absolute atomic E-state index is 0.00272. The van der Waals surface area contributed by atoms with E-state index in [1.54, 1.807) is 41.3 Å². The number of methoxy groups -OCH3 is 2. The third kappa shape index (κ3) is 12.5. The Kier molecular flexibility index (Phi) is 17.3.